The highest BCUT2D eigenvalue weighted by atomic mass is 15.3. The standard InChI is InChI=1S/C14H23N3/c1-11-13(10-16-17(11)3)14(15-2)12-8-6-4-5-7-9-12/h8,10,14-15H,4-7,9H2,1-3H3. The summed E-state index contributed by atoms with van der Waals surface area (Å²) in [6.45, 7) is 2.14. The van der Waals surface area contributed by atoms with Crippen LogP contribution in [-0.4, -0.2) is 16.8 Å². The van der Waals surface area contributed by atoms with Gasteiger partial charge in [0.1, 0.15) is 0 Å². The Balaban J connectivity index is 2.26. The van der Waals surface area contributed by atoms with Crippen molar-refractivity contribution >= 4 is 0 Å². The molecule has 17 heavy (non-hydrogen) atoms. The first-order chi connectivity index (χ1) is 8.24. The molecule has 0 radical (unpaired) electrons. The Bertz CT molecular complexity index is 404. The van der Waals surface area contributed by atoms with Crippen LogP contribution in [0.1, 0.15) is 49.4 Å². The summed E-state index contributed by atoms with van der Waals surface area (Å²) < 4.78 is 1.96. The predicted octanol–water partition coefficient (Wildman–Crippen LogP) is 2.88. The number of aryl methyl sites for hydroxylation is 1. The smallest absolute Gasteiger partial charge is 0.0567 e. The van der Waals surface area contributed by atoms with Crippen LogP contribution in [0, 0.1) is 6.92 Å². The zero-order valence-corrected chi connectivity index (χ0v) is 11.2. The van der Waals surface area contributed by atoms with Crippen molar-refractivity contribution in [2.45, 2.75) is 45.1 Å². The number of hydrogen-bond donors (Lipinski definition) is 1. The summed E-state index contributed by atoms with van der Waals surface area (Å²) in [6.07, 6.45) is 10.9. The fourth-order valence-electron chi connectivity index (χ4n) is 2.64. The van der Waals surface area contributed by atoms with Crippen LogP contribution in [0.3, 0.4) is 0 Å². The normalized spacial score (nSPS) is 18.6. The largest absolute Gasteiger partial charge is 0.309 e. The minimum Gasteiger partial charge on any atom is -0.309 e. The lowest BCUT2D eigenvalue weighted by atomic mass is 9.96. The maximum Gasteiger partial charge on any atom is 0.0567 e. The van der Waals surface area contributed by atoms with Crippen molar-refractivity contribution in [2.24, 2.45) is 7.05 Å². The molecule has 0 aliphatic heterocycles. The molecule has 1 N–H and O–H groups in total. The van der Waals surface area contributed by atoms with Crippen molar-refractivity contribution in [1.29, 1.82) is 0 Å². The summed E-state index contributed by atoms with van der Waals surface area (Å²) >= 11 is 0. The van der Waals surface area contributed by atoms with Gasteiger partial charge in [0.15, 0.2) is 0 Å². The van der Waals surface area contributed by atoms with Crippen LogP contribution in [0.5, 0.6) is 0 Å². The van der Waals surface area contributed by atoms with Crippen molar-refractivity contribution in [3.63, 3.8) is 0 Å². The van der Waals surface area contributed by atoms with Crippen molar-refractivity contribution in [3.05, 3.63) is 29.1 Å². The molecule has 1 aromatic rings. The average Bonchev–Trinajstić information content (AvgIpc) is 2.59. The number of allylic oxidation sites excluding steroid dienone is 1. The molecule has 0 amide bonds. The molecule has 1 aliphatic carbocycles. The summed E-state index contributed by atoms with van der Waals surface area (Å²) in [7, 11) is 4.05. The van der Waals surface area contributed by atoms with Crippen molar-refractivity contribution in [3.8, 4) is 0 Å². The van der Waals surface area contributed by atoms with E-state index in [1.165, 1.54) is 43.4 Å². The second-order valence-corrected chi connectivity index (χ2v) is 4.91. The van der Waals surface area contributed by atoms with E-state index >= 15 is 0 Å². The first kappa shape index (κ1) is 12.4. The van der Waals surface area contributed by atoms with Gasteiger partial charge in [0.25, 0.3) is 0 Å². The molecular weight excluding hydrogens is 210 g/mol. The lowest BCUT2D eigenvalue weighted by Crippen LogP contribution is -2.19. The summed E-state index contributed by atoms with van der Waals surface area (Å²) in [4.78, 5) is 0. The van der Waals surface area contributed by atoms with Crippen LogP contribution >= 0.6 is 0 Å². The molecular formula is C14H23N3. The van der Waals surface area contributed by atoms with Crippen LogP contribution < -0.4 is 5.32 Å². The third-order valence-corrected chi connectivity index (χ3v) is 3.82. The molecule has 0 saturated carbocycles. The summed E-state index contributed by atoms with van der Waals surface area (Å²) in [5.74, 6) is 0. The zero-order chi connectivity index (χ0) is 12.3. The van der Waals surface area contributed by atoms with E-state index in [0.717, 1.165) is 0 Å². The van der Waals surface area contributed by atoms with E-state index < -0.39 is 0 Å². The molecule has 0 spiro atoms. The van der Waals surface area contributed by atoms with Gasteiger partial charge in [-0.1, -0.05) is 18.1 Å². The zero-order valence-electron chi connectivity index (χ0n) is 11.2. The fourth-order valence-corrected chi connectivity index (χ4v) is 2.64. The van der Waals surface area contributed by atoms with Gasteiger partial charge in [-0.15, -0.1) is 0 Å². The third-order valence-electron chi connectivity index (χ3n) is 3.82. The Kier molecular flexibility index (Phi) is 4.00. The number of hydrogen-bond acceptors (Lipinski definition) is 2. The lowest BCUT2D eigenvalue weighted by Gasteiger charge is -2.19. The molecule has 0 aromatic carbocycles. The topological polar surface area (TPSA) is 29.9 Å². The molecule has 3 heteroatoms. The van der Waals surface area contributed by atoms with Gasteiger partial charge in [0, 0.05) is 18.3 Å². The van der Waals surface area contributed by atoms with E-state index in [0.29, 0.717) is 6.04 Å². The van der Waals surface area contributed by atoms with E-state index in [1.54, 1.807) is 5.57 Å². The Morgan fingerprint density at radius 3 is 2.82 bits per heavy atom. The van der Waals surface area contributed by atoms with Gasteiger partial charge in [-0.05, 0) is 39.7 Å². The van der Waals surface area contributed by atoms with Crippen molar-refractivity contribution in [1.82, 2.24) is 15.1 Å². The van der Waals surface area contributed by atoms with Gasteiger partial charge < -0.3 is 5.32 Å². The summed E-state index contributed by atoms with van der Waals surface area (Å²) in [6, 6.07) is 0.349. The van der Waals surface area contributed by atoms with Crippen LogP contribution in [0.15, 0.2) is 17.8 Å². The summed E-state index contributed by atoms with van der Waals surface area (Å²) in [5, 5.41) is 7.80. The molecule has 1 unspecified atom stereocenters. The van der Waals surface area contributed by atoms with E-state index in [9.17, 15) is 0 Å². The van der Waals surface area contributed by atoms with Crippen LogP contribution in [0.25, 0.3) is 0 Å². The van der Waals surface area contributed by atoms with Gasteiger partial charge in [-0.3, -0.25) is 4.68 Å². The Morgan fingerprint density at radius 1 is 1.35 bits per heavy atom. The van der Waals surface area contributed by atoms with Gasteiger partial charge in [0.2, 0.25) is 0 Å². The molecule has 0 bridgehead atoms. The maximum atomic E-state index is 4.35. The van der Waals surface area contributed by atoms with E-state index in [4.69, 9.17) is 0 Å². The van der Waals surface area contributed by atoms with Gasteiger partial charge in [0.05, 0.1) is 12.2 Å². The van der Waals surface area contributed by atoms with E-state index in [1.807, 2.05) is 25.0 Å². The SMILES string of the molecule is CNC(C1=CCCCCC1)c1cnn(C)c1C. The number of rotatable bonds is 3. The Hall–Kier alpha value is -1.09. The molecule has 0 saturated heterocycles. The maximum absolute atomic E-state index is 4.35. The number of nitrogens with one attached hydrogen (secondary N) is 1. The van der Waals surface area contributed by atoms with Crippen LogP contribution in [-0.2, 0) is 7.05 Å². The van der Waals surface area contributed by atoms with Crippen LogP contribution in [0.4, 0.5) is 0 Å². The first-order valence-corrected chi connectivity index (χ1v) is 6.58. The first-order valence-electron chi connectivity index (χ1n) is 6.58. The molecule has 1 aliphatic rings. The third kappa shape index (κ3) is 2.60. The fraction of sp³-hybridized carbons (Fsp3) is 0.643. The molecule has 3 nitrogen and oxygen atoms in total. The van der Waals surface area contributed by atoms with Gasteiger partial charge in [-0.25, -0.2) is 0 Å². The molecule has 1 atom stereocenters. The molecule has 2 rings (SSSR count). The number of nitrogens with zero attached hydrogens (tertiary/aromatic N) is 2. The van der Waals surface area contributed by atoms with Gasteiger partial charge in [-0.2, -0.15) is 5.10 Å². The highest BCUT2D eigenvalue weighted by Crippen LogP contribution is 2.30. The van der Waals surface area contributed by atoms with E-state index in [-0.39, 0.29) is 0 Å². The monoisotopic (exact) mass is 233 g/mol. The second kappa shape index (κ2) is 5.50. The second-order valence-electron chi connectivity index (χ2n) is 4.91. The van der Waals surface area contributed by atoms with Crippen molar-refractivity contribution in [2.75, 3.05) is 7.05 Å². The molecule has 94 valence electrons. The molecule has 1 aromatic heterocycles. The lowest BCUT2D eigenvalue weighted by molar-refractivity contribution is 0.623. The Labute approximate surface area is 104 Å². The Morgan fingerprint density at radius 2 is 2.18 bits per heavy atom. The van der Waals surface area contributed by atoms with E-state index in [2.05, 4.69) is 23.4 Å². The molecule has 0 fully saturated rings. The minimum absolute atomic E-state index is 0.349. The number of likely N-dealkylation sites (N-methyl/N-ethyl adjacent to an activating group) is 1. The average molecular weight is 233 g/mol. The highest BCUT2D eigenvalue weighted by Gasteiger charge is 2.19. The summed E-state index contributed by atoms with van der Waals surface area (Å²) in [5.41, 5.74) is 4.12. The van der Waals surface area contributed by atoms with Crippen molar-refractivity contribution < 1.29 is 0 Å². The predicted molar refractivity (Wildman–Crippen MR) is 70.9 cm³/mol. The quantitative estimate of drug-likeness (QED) is 0.814. The molecule has 1 heterocycles. The number of aromatic nitrogens is 2. The minimum atomic E-state index is 0.349. The van der Waals surface area contributed by atoms with Crippen LogP contribution in [0.2, 0.25) is 0 Å². The van der Waals surface area contributed by atoms with Gasteiger partial charge >= 0.3 is 0 Å². The highest BCUT2D eigenvalue weighted by molar-refractivity contribution is 5.30.